The van der Waals surface area contributed by atoms with Crippen LogP contribution >= 0.6 is 11.3 Å². The lowest BCUT2D eigenvalue weighted by Gasteiger charge is -2.17. The molecule has 8 heteroatoms. The van der Waals surface area contributed by atoms with Gasteiger partial charge in [-0.1, -0.05) is 6.92 Å². The van der Waals surface area contributed by atoms with Crippen LogP contribution in [-0.4, -0.2) is 28.0 Å². The first-order valence-electron chi connectivity index (χ1n) is 9.21. The monoisotopic (exact) mass is 399 g/mol. The van der Waals surface area contributed by atoms with Crippen molar-refractivity contribution in [1.29, 1.82) is 0 Å². The summed E-state index contributed by atoms with van der Waals surface area (Å²) in [6, 6.07) is 3.17. The lowest BCUT2D eigenvalue weighted by atomic mass is 9.89. The molecule has 0 fully saturated rings. The van der Waals surface area contributed by atoms with E-state index in [-0.39, 0.29) is 5.56 Å². The first-order chi connectivity index (χ1) is 13.5. The van der Waals surface area contributed by atoms with E-state index < -0.39 is 12.1 Å². The van der Waals surface area contributed by atoms with Gasteiger partial charge in [-0.15, -0.1) is 11.3 Å². The largest absolute Gasteiger partial charge is 0.481 e. The maximum Gasteiger partial charge on any atom is 0.340 e. The molecule has 7 nitrogen and oxygen atoms in total. The maximum atomic E-state index is 12.7. The molecule has 0 aromatic carbocycles. The Kier molecular flexibility index (Phi) is 4.89. The number of carbonyl (C=O) groups excluding carboxylic acids is 1. The summed E-state index contributed by atoms with van der Waals surface area (Å²) in [6.07, 6.45) is 3.69. The molecule has 0 saturated carbocycles. The Morgan fingerprint density at radius 3 is 2.93 bits per heavy atom. The van der Waals surface area contributed by atoms with Crippen LogP contribution in [0.25, 0.3) is 10.2 Å². The van der Waals surface area contributed by atoms with Crippen molar-refractivity contribution in [3.05, 3.63) is 50.5 Å². The zero-order valence-corrected chi connectivity index (χ0v) is 16.8. The molecule has 3 aromatic heterocycles. The average molecular weight is 399 g/mol. The second-order valence-electron chi connectivity index (χ2n) is 7.12. The van der Waals surface area contributed by atoms with Crippen LogP contribution in [0.2, 0.25) is 0 Å². The molecule has 0 bridgehead atoms. The molecule has 1 aliphatic carbocycles. The Balaban J connectivity index is 1.59. The number of rotatable bonds is 4. The molecule has 1 N–H and O–H groups in total. The van der Waals surface area contributed by atoms with Gasteiger partial charge in [-0.25, -0.2) is 14.8 Å². The molecule has 0 spiro atoms. The van der Waals surface area contributed by atoms with Crippen molar-refractivity contribution >= 4 is 27.5 Å². The zero-order valence-electron chi connectivity index (χ0n) is 15.9. The second-order valence-corrected chi connectivity index (χ2v) is 8.20. The number of ether oxygens (including phenoxy) is 2. The average Bonchev–Trinajstić information content (AvgIpc) is 3.05. The summed E-state index contributed by atoms with van der Waals surface area (Å²) in [5, 5.41) is 0.688. The number of pyridine rings is 1. The van der Waals surface area contributed by atoms with Crippen molar-refractivity contribution in [1.82, 2.24) is 15.0 Å². The first kappa shape index (κ1) is 18.6. The number of hydrogen-bond acceptors (Lipinski definition) is 7. The third kappa shape index (κ3) is 3.40. The highest BCUT2D eigenvalue weighted by Crippen LogP contribution is 2.36. The van der Waals surface area contributed by atoms with Gasteiger partial charge in [0.05, 0.1) is 18.1 Å². The molecule has 0 amide bonds. The van der Waals surface area contributed by atoms with E-state index in [0.717, 1.165) is 24.8 Å². The molecular formula is C20H21N3O4S. The Morgan fingerprint density at radius 1 is 1.39 bits per heavy atom. The summed E-state index contributed by atoms with van der Waals surface area (Å²) < 4.78 is 10.5. The van der Waals surface area contributed by atoms with E-state index in [1.54, 1.807) is 30.4 Å². The van der Waals surface area contributed by atoms with E-state index in [1.807, 2.05) is 0 Å². The minimum atomic E-state index is -0.690. The summed E-state index contributed by atoms with van der Waals surface area (Å²) in [5.74, 6) is 0.845. The predicted molar refractivity (Wildman–Crippen MR) is 106 cm³/mol. The lowest BCUT2D eigenvalue weighted by Crippen LogP contribution is -2.18. The number of H-pyrrole nitrogens is 1. The highest BCUT2D eigenvalue weighted by atomic mass is 32.1. The van der Waals surface area contributed by atoms with Gasteiger partial charge in [0.25, 0.3) is 5.56 Å². The fourth-order valence-corrected chi connectivity index (χ4v) is 4.85. The molecule has 0 radical (unpaired) electrons. The Labute approximate surface area is 165 Å². The molecule has 28 heavy (non-hydrogen) atoms. The summed E-state index contributed by atoms with van der Waals surface area (Å²) in [5.41, 5.74) is 1.27. The van der Waals surface area contributed by atoms with E-state index in [4.69, 9.17) is 9.47 Å². The van der Waals surface area contributed by atoms with E-state index in [2.05, 4.69) is 21.9 Å². The van der Waals surface area contributed by atoms with E-state index >= 15 is 0 Å². The van der Waals surface area contributed by atoms with Gasteiger partial charge in [0, 0.05) is 17.1 Å². The van der Waals surface area contributed by atoms with Crippen molar-refractivity contribution in [3.8, 4) is 5.88 Å². The van der Waals surface area contributed by atoms with Crippen molar-refractivity contribution < 1.29 is 14.3 Å². The first-order valence-corrected chi connectivity index (χ1v) is 10.0. The molecular weight excluding hydrogens is 378 g/mol. The summed E-state index contributed by atoms with van der Waals surface area (Å²) in [6.45, 7) is 3.92. The fraction of sp³-hybridized carbons (Fsp3) is 0.400. The molecule has 3 aromatic rings. The number of aryl methyl sites for hydroxylation is 1. The van der Waals surface area contributed by atoms with Crippen LogP contribution in [0.1, 0.15) is 53.0 Å². The smallest absolute Gasteiger partial charge is 0.340 e. The highest BCUT2D eigenvalue weighted by molar-refractivity contribution is 7.18. The van der Waals surface area contributed by atoms with Crippen molar-refractivity contribution in [2.45, 2.75) is 39.2 Å². The number of thiophene rings is 1. The van der Waals surface area contributed by atoms with Gasteiger partial charge in [-0.3, -0.25) is 4.79 Å². The van der Waals surface area contributed by atoms with Crippen LogP contribution in [0.15, 0.2) is 23.1 Å². The number of esters is 1. The number of fused-ring (bicyclic) bond motifs is 3. The normalized spacial score (nSPS) is 17.2. The number of hydrogen-bond donors (Lipinski definition) is 1. The molecule has 146 valence electrons. The third-order valence-corrected chi connectivity index (χ3v) is 6.18. The number of carbonyl (C=O) groups is 1. The van der Waals surface area contributed by atoms with Crippen molar-refractivity contribution in [2.24, 2.45) is 5.92 Å². The quantitative estimate of drug-likeness (QED) is 0.676. The standard InChI is InChI=1S/C20H21N3O4S/c1-10-4-6-13-14(8-10)28-19-16(13)18(24)22-17(23-19)11(2)27-20(25)12-5-7-15(26-3)21-9-12/h5,7,9-11H,4,6,8H2,1-3H3,(H,22,23,24)/t10-,11+/m1/s1. The SMILES string of the molecule is COc1ccc(C(=O)O[C@@H](C)c2nc3sc4c(c3c(=O)[nH]2)CC[C@@H](C)C4)cn1. The minimum absolute atomic E-state index is 0.166. The van der Waals surface area contributed by atoms with Gasteiger partial charge in [-0.2, -0.15) is 0 Å². The molecule has 4 rings (SSSR count). The summed E-state index contributed by atoms with van der Waals surface area (Å²) in [4.78, 5) is 38.4. The molecule has 3 heterocycles. The molecule has 0 saturated heterocycles. The predicted octanol–water partition coefficient (Wildman–Crippen LogP) is 3.43. The van der Waals surface area contributed by atoms with Crippen molar-refractivity contribution in [2.75, 3.05) is 7.11 Å². The van der Waals surface area contributed by atoms with Gasteiger partial charge < -0.3 is 14.5 Å². The molecule has 0 unspecified atom stereocenters. The minimum Gasteiger partial charge on any atom is -0.481 e. The molecule has 0 aliphatic heterocycles. The maximum absolute atomic E-state index is 12.7. The molecule has 2 atom stereocenters. The van der Waals surface area contributed by atoms with E-state index in [9.17, 15) is 9.59 Å². The van der Waals surface area contributed by atoms with Gasteiger partial charge in [0.1, 0.15) is 4.83 Å². The Hall–Kier alpha value is -2.74. The van der Waals surface area contributed by atoms with Crippen LogP contribution in [-0.2, 0) is 17.6 Å². The topological polar surface area (TPSA) is 94.2 Å². The summed E-state index contributed by atoms with van der Waals surface area (Å²) in [7, 11) is 1.50. The van der Waals surface area contributed by atoms with Gasteiger partial charge in [0.15, 0.2) is 11.9 Å². The highest BCUT2D eigenvalue weighted by Gasteiger charge is 2.24. The van der Waals surface area contributed by atoms with Crippen LogP contribution in [0, 0.1) is 5.92 Å². The second kappa shape index (κ2) is 7.35. The molecule has 1 aliphatic rings. The van der Waals surface area contributed by atoms with Crippen LogP contribution in [0.4, 0.5) is 0 Å². The van der Waals surface area contributed by atoms with Gasteiger partial charge in [0.2, 0.25) is 5.88 Å². The van der Waals surface area contributed by atoms with E-state index in [1.165, 1.54) is 18.2 Å². The third-order valence-electron chi connectivity index (χ3n) is 5.03. The lowest BCUT2D eigenvalue weighted by molar-refractivity contribution is 0.0319. The number of nitrogens with one attached hydrogen (secondary N) is 1. The Morgan fingerprint density at radius 2 is 2.21 bits per heavy atom. The Bertz CT molecular complexity index is 1090. The zero-order chi connectivity index (χ0) is 19.8. The van der Waals surface area contributed by atoms with Crippen molar-refractivity contribution in [3.63, 3.8) is 0 Å². The summed E-state index contributed by atoms with van der Waals surface area (Å²) >= 11 is 1.57. The van der Waals surface area contributed by atoms with Crippen LogP contribution in [0.3, 0.4) is 0 Å². The van der Waals surface area contributed by atoms with Gasteiger partial charge >= 0.3 is 5.97 Å². The van der Waals surface area contributed by atoms with Crippen LogP contribution < -0.4 is 10.3 Å². The fourth-order valence-electron chi connectivity index (χ4n) is 3.46. The van der Waals surface area contributed by atoms with Crippen LogP contribution in [0.5, 0.6) is 5.88 Å². The number of aromatic nitrogens is 3. The van der Waals surface area contributed by atoms with E-state index in [0.29, 0.717) is 33.4 Å². The number of methoxy groups -OCH3 is 1. The van der Waals surface area contributed by atoms with Gasteiger partial charge in [-0.05, 0) is 43.7 Å². The number of nitrogens with zero attached hydrogens (tertiary/aromatic N) is 2. The number of aromatic amines is 1.